The number of hydrogen-bond donors (Lipinski definition) is 2. The van der Waals surface area contributed by atoms with Crippen LogP contribution in [0.1, 0.15) is 45.4 Å². The molecule has 4 saturated carbocycles. The van der Waals surface area contributed by atoms with Gasteiger partial charge in [0.2, 0.25) is 0 Å². The number of aromatic amines is 1. The van der Waals surface area contributed by atoms with Crippen molar-refractivity contribution in [2.45, 2.75) is 51.0 Å². The predicted octanol–water partition coefficient (Wildman–Crippen LogP) is 2.87. The van der Waals surface area contributed by atoms with Crippen molar-refractivity contribution in [3.63, 3.8) is 0 Å². The van der Waals surface area contributed by atoms with Gasteiger partial charge < -0.3 is 10.3 Å². The number of nitrogens with zero attached hydrogens (tertiary/aromatic N) is 1. The van der Waals surface area contributed by atoms with Crippen LogP contribution in [0.3, 0.4) is 0 Å². The molecule has 4 bridgehead atoms. The Morgan fingerprint density at radius 3 is 2.38 bits per heavy atom. The molecule has 3 nitrogen and oxygen atoms in total. The summed E-state index contributed by atoms with van der Waals surface area (Å²) < 4.78 is 0. The first-order chi connectivity index (χ1) is 11.2. The molecule has 0 amide bonds. The standard InChI is InChI=1S/C20H25N3.ClH/c1-13-4-19(21-11-13)18-3-2-17(23-18)12-22-20-8-14-5-15(9-20)7-16(6-14)10-20;/h2-4,11-12,14-16,22-23H,5-10H2,1H3;1H. The van der Waals surface area contributed by atoms with Crippen LogP contribution in [0, 0.1) is 17.8 Å². The third-order valence-electron chi connectivity index (χ3n) is 6.33. The fraction of sp³-hybridized carbons (Fsp3) is 0.550. The number of halogens is 1. The Labute approximate surface area is 149 Å². The minimum absolute atomic E-state index is 0. The molecule has 4 fully saturated rings. The molecule has 5 aliphatic rings. The number of aromatic nitrogens is 1. The van der Waals surface area contributed by atoms with E-state index in [-0.39, 0.29) is 12.4 Å². The van der Waals surface area contributed by atoms with Crippen LogP contribution in [0.4, 0.5) is 0 Å². The summed E-state index contributed by atoms with van der Waals surface area (Å²) in [7, 11) is 0. The van der Waals surface area contributed by atoms with Crippen LogP contribution < -0.4 is 16.0 Å². The Hall–Kier alpha value is -1.48. The van der Waals surface area contributed by atoms with Crippen molar-refractivity contribution in [3.05, 3.63) is 34.5 Å². The average Bonchev–Trinajstić information content (AvgIpc) is 3.12. The zero-order valence-corrected chi connectivity index (χ0v) is 15.0. The first-order valence-electron chi connectivity index (χ1n) is 9.07. The summed E-state index contributed by atoms with van der Waals surface area (Å²) in [6.07, 6.45) is 14.9. The first kappa shape index (κ1) is 16.0. The highest BCUT2D eigenvalue weighted by atomic mass is 35.5. The lowest BCUT2D eigenvalue weighted by Crippen LogP contribution is -2.57. The van der Waals surface area contributed by atoms with Crippen LogP contribution in [-0.2, 0) is 0 Å². The Morgan fingerprint density at radius 2 is 1.79 bits per heavy atom. The van der Waals surface area contributed by atoms with Gasteiger partial charge in [-0.15, -0.1) is 12.4 Å². The van der Waals surface area contributed by atoms with Gasteiger partial charge in [-0.2, -0.15) is 0 Å². The number of rotatable bonds is 2. The number of hydrogen-bond acceptors (Lipinski definition) is 2. The topological polar surface area (TPSA) is 40.2 Å². The van der Waals surface area contributed by atoms with Gasteiger partial charge in [0.15, 0.2) is 0 Å². The Bertz CT molecular complexity index is 779. The minimum atomic E-state index is 0. The third-order valence-corrected chi connectivity index (χ3v) is 6.33. The Kier molecular flexibility index (Phi) is 3.87. The largest absolute Gasteiger partial charge is 0.384 e. The van der Waals surface area contributed by atoms with Gasteiger partial charge in [0.25, 0.3) is 0 Å². The summed E-state index contributed by atoms with van der Waals surface area (Å²) >= 11 is 0. The molecule has 24 heavy (non-hydrogen) atoms. The quantitative estimate of drug-likeness (QED) is 0.851. The SMILES string of the molecule is CC1=CC(=c2ccc(=CNC34CC5CC(CC(C5)C3)C4)[nH]2)N=C1.Cl. The van der Waals surface area contributed by atoms with Crippen LogP contribution in [0.25, 0.3) is 11.9 Å². The van der Waals surface area contributed by atoms with Gasteiger partial charge in [-0.3, -0.25) is 4.99 Å². The molecule has 0 radical (unpaired) electrons. The highest BCUT2D eigenvalue weighted by molar-refractivity contribution is 5.90. The summed E-state index contributed by atoms with van der Waals surface area (Å²) in [5.74, 6) is 2.95. The molecule has 4 heteroatoms. The van der Waals surface area contributed by atoms with Crippen LogP contribution in [0.15, 0.2) is 28.8 Å². The molecular formula is C20H26ClN3. The molecule has 4 aliphatic carbocycles. The third kappa shape index (κ3) is 2.73. The molecule has 2 heterocycles. The van der Waals surface area contributed by atoms with Gasteiger partial charge in [-0.25, -0.2) is 0 Å². The van der Waals surface area contributed by atoms with Crippen molar-refractivity contribution >= 4 is 30.5 Å². The fourth-order valence-corrected chi connectivity index (χ4v) is 5.77. The van der Waals surface area contributed by atoms with E-state index in [4.69, 9.17) is 0 Å². The van der Waals surface area contributed by atoms with Crippen molar-refractivity contribution in [2.24, 2.45) is 22.7 Å². The normalized spacial score (nSPS) is 39.1. The van der Waals surface area contributed by atoms with E-state index in [1.165, 1.54) is 44.1 Å². The minimum Gasteiger partial charge on any atom is -0.384 e. The van der Waals surface area contributed by atoms with E-state index in [0.29, 0.717) is 5.54 Å². The summed E-state index contributed by atoms with van der Waals surface area (Å²) in [6.45, 7) is 2.08. The summed E-state index contributed by atoms with van der Waals surface area (Å²) in [4.78, 5) is 7.94. The van der Waals surface area contributed by atoms with E-state index in [9.17, 15) is 0 Å². The van der Waals surface area contributed by atoms with E-state index < -0.39 is 0 Å². The highest BCUT2D eigenvalue weighted by Crippen LogP contribution is 2.55. The Morgan fingerprint density at radius 1 is 1.12 bits per heavy atom. The fourth-order valence-electron chi connectivity index (χ4n) is 5.77. The lowest BCUT2D eigenvalue weighted by Gasteiger charge is -2.56. The summed E-state index contributed by atoms with van der Waals surface area (Å²) in [5, 5.41) is 6.11. The van der Waals surface area contributed by atoms with Crippen LogP contribution >= 0.6 is 12.4 Å². The zero-order valence-electron chi connectivity index (χ0n) is 14.2. The molecule has 6 rings (SSSR count). The molecular weight excluding hydrogens is 318 g/mol. The van der Waals surface area contributed by atoms with Crippen LogP contribution in [0.5, 0.6) is 0 Å². The van der Waals surface area contributed by atoms with Crippen molar-refractivity contribution in [1.82, 2.24) is 10.3 Å². The van der Waals surface area contributed by atoms with Gasteiger partial charge in [0, 0.05) is 18.0 Å². The lowest BCUT2D eigenvalue weighted by molar-refractivity contribution is -0.0107. The van der Waals surface area contributed by atoms with E-state index in [2.05, 4.69) is 46.6 Å². The first-order valence-corrected chi connectivity index (χ1v) is 9.07. The second kappa shape index (κ2) is 5.80. The molecule has 0 atom stereocenters. The van der Waals surface area contributed by atoms with Gasteiger partial charge >= 0.3 is 0 Å². The molecule has 1 aliphatic heterocycles. The highest BCUT2D eigenvalue weighted by Gasteiger charge is 2.50. The van der Waals surface area contributed by atoms with Gasteiger partial charge in [0.1, 0.15) is 0 Å². The monoisotopic (exact) mass is 343 g/mol. The smallest absolute Gasteiger partial charge is 0.0867 e. The molecule has 1 aromatic heterocycles. The van der Waals surface area contributed by atoms with Crippen molar-refractivity contribution in [1.29, 1.82) is 0 Å². The summed E-state index contributed by atoms with van der Waals surface area (Å²) in [5.41, 5.74) is 2.64. The maximum Gasteiger partial charge on any atom is 0.0867 e. The molecule has 128 valence electrons. The van der Waals surface area contributed by atoms with E-state index in [1.807, 2.05) is 6.21 Å². The molecule has 1 aromatic rings. The van der Waals surface area contributed by atoms with E-state index in [0.717, 1.165) is 34.1 Å². The zero-order chi connectivity index (χ0) is 15.4. The molecule has 2 N–H and O–H groups in total. The second-order valence-electron chi connectivity index (χ2n) is 8.35. The number of aliphatic imine (C=N–C) groups is 1. The van der Waals surface area contributed by atoms with Crippen molar-refractivity contribution in [2.75, 3.05) is 0 Å². The summed E-state index contributed by atoms with van der Waals surface area (Å²) in [6, 6.07) is 4.29. The lowest BCUT2D eigenvalue weighted by atomic mass is 9.53. The van der Waals surface area contributed by atoms with E-state index in [1.54, 1.807) is 0 Å². The van der Waals surface area contributed by atoms with Gasteiger partial charge in [-0.1, -0.05) is 0 Å². The maximum absolute atomic E-state index is 4.45. The van der Waals surface area contributed by atoms with Crippen molar-refractivity contribution in [3.8, 4) is 0 Å². The Balaban J connectivity index is 0.00000146. The number of H-pyrrole nitrogens is 1. The molecule has 0 unspecified atom stereocenters. The number of allylic oxidation sites excluding steroid dienone is 1. The molecule has 0 saturated heterocycles. The van der Waals surface area contributed by atoms with Crippen molar-refractivity contribution < 1.29 is 0 Å². The molecule has 0 aromatic carbocycles. The second-order valence-corrected chi connectivity index (χ2v) is 8.35. The number of nitrogens with one attached hydrogen (secondary N) is 2. The van der Waals surface area contributed by atoms with Gasteiger partial charge in [-0.05, 0) is 87.0 Å². The van der Waals surface area contributed by atoms with E-state index >= 15 is 0 Å². The maximum atomic E-state index is 4.45. The molecule has 0 spiro atoms. The average molecular weight is 344 g/mol. The van der Waals surface area contributed by atoms with Crippen LogP contribution in [-0.4, -0.2) is 16.7 Å². The van der Waals surface area contributed by atoms with Crippen LogP contribution in [0.2, 0.25) is 0 Å². The van der Waals surface area contributed by atoms with Gasteiger partial charge in [0.05, 0.1) is 16.4 Å². The predicted molar refractivity (Wildman–Crippen MR) is 101 cm³/mol.